The van der Waals surface area contributed by atoms with E-state index in [0.717, 1.165) is 24.0 Å². The Kier molecular flexibility index (Phi) is 9.69. The number of carbonyl (C=O) groups excluding carboxylic acids is 1. The molecule has 0 amide bonds. The van der Waals surface area contributed by atoms with Gasteiger partial charge in [0.15, 0.2) is 5.82 Å². The molecule has 0 atom stereocenters. The van der Waals surface area contributed by atoms with Crippen molar-refractivity contribution in [3.63, 3.8) is 0 Å². The zero-order chi connectivity index (χ0) is 20.2. The van der Waals surface area contributed by atoms with Crippen LogP contribution < -0.4 is 4.74 Å². The number of aryl methyl sites for hydroxylation is 1. The Balaban J connectivity index is 2.04. The Hall–Kier alpha value is -2.21. The molecule has 2 aromatic rings. The Morgan fingerprint density at radius 1 is 1.04 bits per heavy atom. The Morgan fingerprint density at radius 2 is 1.75 bits per heavy atom. The van der Waals surface area contributed by atoms with Gasteiger partial charge in [-0.1, -0.05) is 69.7 Å². The molecule has 1 aromatic carbocycles. The highest BCUT2D eigenvalue weighted by Crippen LogP contribution is 2.24. The fraction of sp³-hybridized carbons (Fsp3) is 0.591. The van der Waals surface area contributed by atoms with Gasteiger partial charge in [-0.2, -0.15) is 9.67 Å². The number of carbonyl (C=O) groups is 1. The van der Waals surface area contributed by atoms with Crippen molar-refractivity contribution in [1.29, 1.82) is 0 Å². The van der Waals surface area contributed by atoms with Crippen molar-refractivity contribution in [3.8, 4) is 17.4 Å². The zero-order valence-corrected chi connectivity index (χ0v) is 17.4. The van der Waals surface area contributed by atoms with Crippen molar-refractivity contribution >= 4 is 5.91 Å². The summed E-state index contributed by atoms with van der Waals surface area (Å²) in [5.41, 5.74) is 1.94. The molecule has 6 nitrogen and oxygen atoms in total. The minimum Gasteiger partial charge on any atom is -0.460 e. The summed E-state index contributed by atoms with van der Waals surface area (Å²) in [6.45, 7) is 5.01. The SMILES string of the molecule is CCCCCCCCCC(=O)n1nc(OCCOC)nc1-c1ccccc1C. The second-order valence-electron chi connectivity index (χ2n) is 7.05. The third-order valence-electron chi connectivity index (χ3n) is 4.72. The standard InChI is InChI=1S/C22H33N3O3/c1-4-5-6-7-8-9-10-15-20(26)25-21(19-14-12-11-13-18(19)2)23-22(24-25)28-17-16-27-3/h11-14H,4-10,15-17H2,1-3H3. The van der Waals surface area contributed by atoms with Gasteiger partial charge in [0.25, 0.3) is 0 Å². The Labute approximate surface area is 168 Å². The van der Waals surface area contributed by atoms with Crippen LogP contribution in [0.1, 0.15) is 68.6 Å². The van der Waals surface area contributed by atoms with E-state index in [2.05, 4.69) is 17.0 Å². The van der Waals surface area contributed by atoms with Crippen molar-refractivity contribution in [2.24, 2.45) is 0 Å². The second kappa shape index (κ2) is 12.3. The monoisotopic (exact) mass is 387 g/mol. The fourth-order valence-electron chi connectivity index (χ4n) is 3.08. The molecular formula is C22H33N3O3. The van der Waals surface area contributed by atoms with Gasteiger partial charge in [-0.05, 0) is 18.9 Å². The number of methoxy groups -OCH3 is 1. The van der Waals surface area contributed by atoms with E-state index < -0.39 is 0 Å². The number of hydrogen-bond donors (Lipinski definition) is 0. The molecule has 0 bridgehead atoms. The van der Waals surface area contributed by atoms with E-state index in [-0.39, 0.29) is 11.9 Å². The number of hydrogen-bond acceptors (Lipinski definition) is 5. The van der Waals surface area contributed by atoms with E-state index in [9.17, 15) is 4.79 Å². The van der Waals surface area contributed by atoms with Gasteiger partial charge >= 0.3 is 6.01 Å². The predicted molar refractivity (Wildman–Crippen MR) is 111 cm³/mol. The van der Waals surface area contributed by atoms with E-state index in [4.69, 9.17) is 9.47 Å². The Morgan fingerprint density at radius 3 is 2.46 bits per heavy atom. The Bertz CT molecular complexity index is 728. The van der Waals surface area contributed by atoms with Crippen LogP contribution in [0.4, 0.5) is 0 Å². The van der Waals surface area contributed by atoms with Gasteiger partial charge in [0.1, 0.15) is 6.61 Å². The first-order valence-corrected chi connectivity index (χ1v) is 10.3. The van der Waals surface area contributed by atoms with Crippen LogP contribution in [0.25, 0.3) is 11.4 Å². The molecule has 0 radical (unpaired) electrons. The number of aromatic nitrogens is 3. The molecule has 0 aliphatic carbocycles. The number of rotatable bonds is 13. The maximum atomic E-state index is 12.8. The topological polar surface area (TPSA) is 66.2 Å². The maximum absolute atomic E-state index is 12.8. The summed E-state index contributed by atoms with van der Waals surface area (Å²) in [5.74, 6) is 0.499. The molecular weight excluding hydrogens is 354 g/mol. The van der Waals surface area contributed by atoms with Crippen LogP contribution in [-0.2, 0) is 4.74 Å². The highest BCUT2D eigenvalue weighted by molar-refractivity contribution is 5.82. The maximum Gasteiger partial charge on any atom is 0.336 e. The molecule has 1 heterocycles. The molecule has 1 aromatic heterocycles. The largest absolute Gasteiger partial charge is 0.460 e. The van der Waals surface area contributed by atoms with Gasteiger partial charge in [0.2, 0.25) is 5.91 Å². The highest BCUT2D eigenvalue weighted by Gasteiger charge is 2.19. The molecule has 0 aliphatic heterocycles. The van der Waals surface area contributed by atoms with Crippen molar-refractivity contribution < 1.29 is 14.3 Å². The molecule has 6 heteroatoms. The number of unbranched alkanes of at least 4 members (excludes halogenated alkanes) is 6. The van der Waals surface area contributed by atoms with Gasteiger partial charge in [-0.15, -0.1) is 5.10 Å². The quantitative estimate of drug-likeness (QED) is 0.449. The summed E-state index contributed by atoms with van der Waals surface area (Å²) in [6, 6.07) is 8.07. The van der Waals surface area contributed by atoms with Crippen LogP contribution in [0.3, 0.4) is 0 Å². The van der Waals surface area contributed by atoms with Crippen LogP contribution in [-0.4, -0.2) is 41.0 Å². The van der Waals surface area contributed by atoms with Gasteiger partial charge in [-0.3, -0.25) is 4.79 Å². The fourth-order valence-corrected chi connectivity index (χ4v) is 3.08. The van der Waals surface area contributed by atoms with Crippen molar-refractivity contribution in [2.45, 2.75) is 65.2 Å². The minimum atomic E-state index is -0.0408. The molecule has 0 saturated carbocycles. The summed E-state index contributed by atoms with van der Waals surface area (Å²) in [5, 5.41) is 4.32. The average molecular weight is 388 g/mol. The van der Waals surface area contributed by atoms with Crippen LogP contribution in [0.5, 0.6) is 6.01 Å². The van der Waals surface area contributed by atoms with Gasteiger partial charge < -0.3 is 9.47 Å². The van der Waals surface area contributed by atoms with Gasteiger partial charge in [0.05, 0.1) is 6.61 Å². The molecule has 0 spiro atoms. The lowest BCUT2D eigenvalue weighted by Gasteiger charge is -2.07. The summed E-state index contributed by atoms with van der Waals surface area (Å²) < 4.78 is 11.9. The lowest BCUT2D eigenvalue weighted by atomic mass is 10.1. The van der Waals surface area contributed by atoms with Crippen molar-refractivity contribution in [3.05, 3.63) is 29.8 Å². The molecule has 0 aliphatic rings. The van der Waals surface area contributed by atoms with Gasteiger partial charge in [0, 0.05) is 19.1 Å². The lowest BCUT2D eigenvalue weighted by Crippen LogP contribution is -2.14. The second-order valence-corrected chi connectivity index (χ2v) is 7.05. The molecule has 28 heavy (non-hydrogen) atoms. The van der Waals surface area contributed by atoms with Crippen LogP contribution >= 0.6 is 0 Å². The summed E-state index contributed by atoms with van der Waals surface area (Å²) >= 11 is 0. The third-order valence-corrected chi connectivity index (χ3v) is 4.72. The number of benzene rings is 1. The van der Waals surface area contributed by atoms with E-state index >= 15 is 0 Å². The molecule has 0 saturated heterocycles. The summed E-state index contributed by atoms with van der Waals surface area (Å²) in [6.07, 6.45) is 8.67. The molecule has 154 valence electrons. The predicted octanol–water partition coefficient (Wildman–Crippen LogP) is 5.06. The highest BCUT2D eigenvalue weighted by atomic mass is 16.5. The average Bonchev–Trinajstić information content (AvgIpc) is 3.12. The van der Waals surface area contributed by atoms with E-state index in [0.29, 0.717) is 25.5 Å². The minimum absolute atomic E-state index is 0.0408. The van der Waals surface area contributed by atoms with E-state index in [1.807, 2.05) is 31.2 Å². The third kappa shape index (κ3) is 6.75. The number of nitrogens with zero attached hydrogens (tertiary/aromatic N) is 3. The summed E-state index contributed by atoms with van der Waals surface area (Å²) in [7, 11) is 1.61. The normalized spacial score (nSPS) is 11.0. The molecule has 2 rings (SSSR count). The first-order valence-electron chi connectivity index (χ1n) is 10.3. The first-order chi connectivity index (χ1) is 13.7. The summed E-state index contributed by atoms with van der Waals surface area (Å²) in [4.78, 5) is 17.3. The first kappa shape index (κ1) is 22.1. The molecule has 0 N–H and O–H groups in total. The van der Waals surface area contributed by atoms with Crippen LogP contribution in [0, 0.1) is 6.92 Å². The lowest BCUT2D eigenvalue weighted by molar-refractivity contribution is 0.0881. The van der Waals surface area contributed by atoms with Crippen molar-refractivity contribution in [2.75, 3.05) is 20.3 Å². The van der Waals surface area contributed by atoms with E-state index in [1.54, 1.807) is 7.11 Å². The van der Waals surface area contributed by atoms with Gasteiger partial charge in [-0.25, -0.2) is 0 Å². The smallest absolute Gasteiger partial charge is 0.336 e. The zero-order valence-electron chi connectivity index (χ0n) is 17.4. The van der Waals surface area contributed by atoms with Crippen LogP contribution in [0.15, 0.2) is 24.3 Å². The molecule has 0 unspecified atom stereocenters. The number of ether oxygens (including phenoxy) is 2. The van der Waals surface area contributed by atoms with E-state index in [1.165, 1.54) is 36.8 Å². The van der Waals surface area contributed by atoms with Crippen molar-refractivity contribution in [1.82, 2.24) is 14.8 Å². The van der Waals surface area contributed by atoms with Crippen LogP contribution in [0.2, 0.25) is 0 Å². The molecule has 0 fully saturated rings.